The maximum atomic E-state index is 13.8. The second kappa shape index (κ2) is 5.36. The Hall–Kier alpha value is -1.51. The van der Waals surface area contributed by atoms with Crippen molar-refractivity contribution >= 4 is 16.0 Å². The van der Waals surface area contributed by atoms with E-state index in [1.165, 1.54) is 0 Å². The predicted molar refractivity (Wildman–Crippen MR) is 72.0 cm³/mol. The van der Waals surface area contributed by atoms with Gasteiger partial charge >= 0.3 is 5.97 Å². The number of carboxylic acids is 1. The van der Waals surface area contributed by atoms with E-state index >= 15 is 0 Å². The number of carbonyl (C=O) groups is 1. The van der Waals surface area contributed by atoms with Gasteiger partial charge in [0.1, 0.15) is 10.7 Å². The summed E-state index contributed by atoms with van der Waals surface area (Å²) in [5.74, 6) is -2.44. The van der Waals surface area contributed by atoms with Gasteiger partial charge in [-0.2, -0.15) is 4.31 Å². The van der Waals surface area contributed by atoms with Crippen LogP contribution in [0.25, 0.3) is 0 Å². The highest BCUT2D eigenvalue weighted by Crippen LogP contribution is 2.32. The molecule has 2 rings (SSSR count). The molecule has 8 heteroatoms. The average Bonchev–Trinajstić information content (AvgIpc) is 2.35. The summed E-state index contributed by atoms with van der Waals surface area (Å²) >= 11 is 0. The van der Waals surface area contributed by atoms with Crippen LogP contribution in [0.3, 0.4) is 0 Å². The number of β-amino-alcohol motifs (C(OH)–C–C–N with tert-alkyl or cyclic N) is 1. The lowest BCUT2D eigenvalue weighted by Crippen LogP contribution is -2.63. The van der Waals surface area contributed by atoms with E-state index in [-0.39, 0.29) is 18.7 Å². The highest BCUT2D eigenvalue weighted by molar-refractivity contribution is 7.89. The molecule has 21 heavy (non-hydrogen) atoms. The molecule has 1 aliphatic rings. The summed E-state index contributed by atoms with van der Waals surface area (Å²) in [7, 11) is -4.06. The van der Waals surface area contributed by atoms with Crippen molar-refractivity contribution in [3.8, 4) is 0 Å². The average molecular weight is 317 g/mol. The Kier molecular flexibility index (Phi) is 4.05. The molecule has 0 aromatic heterocycles. The zero-order valence-electron chi connectivity index (χ0n) is 11.4. The van der Waals surface area contributed by atoms with Crippen molar-refractivity contribution in [2.75, 3.05) is 13.1 Å². The Labute approximate surface area is 121 Å². The zero-order chi connectivity index (χ0) is 15.8. The zero-order valence-corrected chi connectivity index (χ0v) is 12.2. The number of carboxylic acid groups (broad SMARTS) is 1. The van der Waals surface area contributed by atoms with Gasteiger partial charge < -0.3 is 10.2 Å². The maximum absolute atomic E-state index is 13.8. The number of aromatic carboxylic acids is 1. The molecule has 0 saturated carbocycles. The molecule has 116 valence electrons. The Bertz CT molecular complexity index is 667. The smallest absolute Gasteiger partial charge is 0.335 e. The standard InChI is InChI=1S/C13H16FNO5S/c1-2-5-13(18)7-15(8-13)21(19,20)11-4-3-9(12(16)17)6-10(11)14/h3-4,6,18H,2,5,7-8H2,1H3,(H,16,17). The van der Waals surface area contributed by atoms with Gasteiger partial charge in [0.15, 0.2) is 0 Å². The largest absolute Gasteiger partial charge is 0.478 e. The maximum Gasteiger partial charge on any atom is 0.335 e. The quantitative estimate of drug-likeness (QED) is 0.847. The number of rotatable bonds is 5. The van der Waals surface area contributed by atoms with Crippen molar-refractivity contribution in [1.82, 2.24) is 4.31 Å². The minimum absolute atomic E-state index is 0.0801. The molecule has 1 aliphatic heterocycles. The topological polar surface area (TPSA) is 94.9 Å². The molecule has 2 N–H and O–H groups in total. The number of hydrogen-bond acceptors (Lipinski definition) is 4. The van der Waals surface area contributed by atoms with Gasteiger partial charge in [0.05, 0.1) is 11.2 Å². The molecular formula is C13H16FNO5S. The second-order valence-corrected chi connectivity index (χ2v) is 7.10. The van der Waals surface area contributed by atoms with Crippen LogP contribution in [-0.4, -0.2) is 47.6 Å². The number of halogens is 1. The van der Waals surface area contributed by atoms with Crippen LogP contribution >= 0.6 is 0 Å². The van der Waals surface area contributed by atoms with Gasteiger partial charge in [0, 0.05) is 13.1 Å². The second-order valence-electron chi connectivity index (χ2n) is 5.20. The molecule has 1 fully saturated rings. The third kappa shape index (κ3) is 2.92. The fourth-order valence-electron chi connectivity index (χ4n) is 2.39. The molecular weight excluding hydrogens is 301 g/mol. The van der Waals surface area contributed by atoms with E-state index in [0.29, 0.717) is 18.9 Å². The van der Waals surface area contributed by atoms with Crippen molar-refractivity contribution in [2.45, 2.75) is 30.3 Å². The molecule has 0 bridgehead atoms. The van der Waals surface area contributed by atoms with Gasteiger partial charge in [-0.15, -0.1) is 0 Å². The van der Waals surface area contributed by atoms with Gasteiger partial charge in [-0.25, -0.2) is 17.6 Å². The molecule has 1 aromatic rings. The summed E-state index contributed by atoms with van der Waals surface area (Å²) in [5, 5.41) is 18.7. The lowest BCUT2D eigenvalue weighted by Gasteiger charge is -2.45. The number of benzene rings is 1. The third-order valence-electron chi connectivity index (χ3n) is 3.45. The van der Waals surface area contributed by atoms with Gasteiger partial charge in [-0.3, -0.25) is 0 Å². The van der Waals surface area contributed by atoms with E-state index in [1.54, 1.807) is 0 Å². The van der Waals surface area contributed by atoms with Crippen molar-refractivity contribution in [3.05, 3.63) is 29.6 Å². The highest BCUT2D eigenvalue weighted by atomic mass is 32.2. The Morgan fingerprint density at radius 3 is 2.52 bits per heavy atom. The first-order valence-corrected chi connectivity index (χ1v) is 7.89. The lowest BCUT2D eigenvalue weighted by molar-refractivity contribution is -0.0654. The Balaban J connectivity index is 2.24. The van der Waals surface area contributed by atoms with Crippen molar-refractivity contribution in [1.29, 1.82) is 0 Å². The molecule has 0 spiro atoms. The van der Waals surface area contributed by atoms with E-state index in [0.717, 1.165) is 16.4 Å². The molecule has 0 atom stereocenters. The fourth-order valence-corrected chi connectivity index (χ4v) is 4.03. The predicted octanol–water partition coefficient (Wildman–Crippen LogP) is 1.06. The van der Waals surface area contributed by atoms with E-state index in [2.05, 4.69) is 0 Å². The number of nitrogens with zero attached hydrogens (tertiary/aromatic N) is 1. The summed E-state index contributed by atoms with van der Waals surface area (Å²) in [5.41, 5.74) is -1.38. The van der Waals surface area contributed by atoms with Crippen LogP contribution in [0.15, 0.2) is 23.1 Å². The van der Waals surface area contributed by atoms with Crippen LogP contribution in [0.4, 0.5) is 4.39 Å². The Morgan fingerprint density at radius 1 is 1.43 bits per heavy atom. The first-order valence-electron chi connectivity index (χ1n) is 6.45. The summed E-state index contributed by atoms with van der Waals surface area (Å²) in [6.45, 7) is 1.71. The number of aliphatic hydroxyl groups is 1. The van der Waals surface area contributed by atoms with E-state index in [4.69, 9.17) is 5.11 Å². The molecule has 0 amide bonds. The van der Waals surface area contributed by atoms with Crippen LogP contribution < -0.4 is 0 Å². The van der Waals surface area contributed by atoms with Crippen LogP contribution in [0.2, 0.25) is 0 Å². The molecule has 1 aromatic carbocycles. The van der Waals surface area contributed by atoms with E-state index in [1.807, 2.05) is 6.92 Å². The van der Waals surface area contributed by atoms with E-state index < -0.39 is 32.3 Å². The summed E-state index contributed by atoms with van der Waals surface area (Å²) < 4.78 is 39.3. The molecule has 0 radical (unpaired) electrons. The van der Waals surface area contributed by atoms with Gasteiger partial charge in [-0.1, -0.05) is 13.3 Å². The van der Waals surface area contributed by atoms with Crippen LogP contribution in [-0.2, 0) is 10.0 Å². The number of hydrogen-bond donors (Lipinski definition) is 2. The molecule has 6 nitrogen and oxygen atoms in total. The van der Waals surface area contributed by atoms with Gasteiger partial charge in [0.2, 0.25) is 10.0 Å². The lowest BCUT2D eigenvalue weighted by atomic mass is 9.92. The summed E-state index contributed by atoms with van der Waals surface area (Å²) in [6, 6.07) is 2.65. The minimum atomic E-state index is -4.06. The van der Waals surface area contributed by atoms with Crippen molar-refractivity contribution in [2.24, 2.45) is 0 Å². The summed E-state index contributed by atoms with van der Waals surface area (Å²) in [4.78, 5) is 10.1. The first-order chi connectivity index (χ1) is 9.69. The van der Waals surface area contributed by atoms with Crippen LogP contribution in [0.5, 0.6) is 0 Å². The Morgan fingerprint density at radius 2 is 2.05 bits per heavy atom. The normalized spacial score (nSPS) is 18.2. The van der Waals surface area contributed by atoms with Crippen molar-refractivity contribution in [3.63, 3.8) is 0 Å². The molecule has 1 saturated heterocycles. The first kappa shape index (κ1) is 15.9. The molecule has 1 heterocycles. The summed E-state index contributed by atoms with van der Waals surface area (Å²) in [6.07, 6.45) is 1.19. The minimum Gasteiger partial charge on any atom is -0.478 e. The van der Waals surface area contributed by atoms with E-state index in [9.17, 15) is 22.7 Å². The number of sulfonamides is 1. The van der Waals surface area contributed by atoms with Crippen molar-refractivity contribution < 1.29 is 27.8 Å². The van der Waals surface area contributed by atoms with Gasteiger partial charge in [0.25, 0.3) is 0 Å². The fraction of sp³-hybridized carbons (Fsp3) is 0.462. The SMILES string of the molecule is CCCC1(O)CN(S(=O)(=O)c2ccc(C(=O)O)cc2F)C1. The molecule has 0 unspecified atom stereocenters. The highest BCUT2D eigenvalue weighted by Gasteiger charge is 2.47. The monoisotopic (exact) mass is 317 g/mol. The van der Waals surface area contributed by atoms with Crippen LogP contribution in [0, 0.1) is 5.82 Å². The van der Waals surface area contributed by atoms with Crippen LogP contribution in [0.1, 0.15) is 30.1 Å². The molecule has 0 aliphatic carbocycles. The van der Waals surface area contributed by atoms with Gasteiger partial charge in [-0.05, 0) is 24.6 Å². The third-order valence-corrected chi connectivity index (χ3v) is 5.28.